The number of anilines is 1. The molecule has 4 rings (SSSR count). The van der Waals surface area contributed by atoms with Crippen LogP contribution in [0.25, 0.3) is 15.9 Å². The molecule has 0 amide bonds. The van der Waals surface area contributed by atoms with Crippen molar-refractivity contribution in [1.82, 2.24) is 14.8 Å². The first-order valence-corrected chi connectivity index (χ1v) is 7.41. The minimum atomic E-state index is 0.694. The Kier molecular flexibility index (Phi) is 2.35. The molecule has 0 unspecified atom stereocenters. The van der Waals surface area contributed by atoms with E-state index in [2.05, 4.69) is 22.2 Å². The van der Waals surface area contributed by atoms with Crippen molar-refractivity contribution >= 4 is 27.4 Å². The van der Waals surface area contributed by atoms with Crippen molar-refractivity contribution in [3.63, 3.8) is 0 Å². The van der Waals surface area contributed by atoms with Crippen LogP contribution in [0.2, 0.25) is 0 Å². The monoisotopic (exact) mass is 270 g/mol. The number of hydrogen-bond acceptors (Lipinski definition) is 4. The van der Waals surface area contributed by atoms with Gasteiger partial charge in [0.15, 0.2) is 0 Å². The Balaban J connectivity index is 1.91. The summed E-state index contributed by atoms with van der Waals surface area (Å²) in [6, 6.07) is 6.27. The first kappa shape index (κ1) is 11.0. The minimum Gasteiger partial charge on any atom is -0.382 e. The summed E-state index contributed by atoms with van der Waals surface area (Å²) in [6.07, 6.45) is 4.57. The molecule has 0 aliphatic heterocycles. The maximum absolute atomic E-state index is 6.05. The van der Waals surface area contributed by atoms with Crippen LogP contribution in [0, 0.1) is 0 Å². The number of thiazole rings is 1. The highest BCUT2D eigenvalue weighted by Gasteiger charge is 2.20. The van der Waals surface area contributed by atoms with Gasteiger partial charge in [-0.25, -0.2) is 9.67 Å². The Morgan fingerprint density at radius 1 is 1.21 bits per heavy atom. The van der Waals surface area contributed by atoms with E-state index < -0.39 is 0 Å². The molecule has 2 heterocycles. The summed E-state index contributed by atoms with van der Waals surface area (Å²) in [7, 11) is 0. The molecule has 96 valence electrons. The van der Waals surface area contributed by atoms with Crippen molar-refractivity contribution < 1.29 is 0 Å². The Morgan fingerprint density at radius 2 is 2.11 bits per heavy atom. The predicted octanol–water partition coefficient (Wildman–Crippen LogP) is 2.94. The zero-order valence-corrected chi connectivity index (χ0v) is 11.3. The first-order valence-electron chi connectivity index (χ1n) is 6.53. The number of nitrogens with two attached hydrogens (primary N) is 1. The van der Waals surface area contributed by atoms with E-state index in [9.17, 15) is 0 Å². The largest absolute Gasteiger partial charge is 0.382 e. The molecule has 3 aromatic rings. The van der Waals surface area contributed by atoms with Crippen LogP contribution in [-0.4, -0.2) is 14.8 Å². The van der Waals surface area contributed by atoms with Crippen LogP contribution in [0.5, 0.6) is 0 Å². The minimum absolute atomic E-state index is 0.694. The van der Waals surface area contributed by atoms with Crippen LogP contribution in [0.15, 0.2) is 23.7 Å². The van der Waals surface area contributed by atoms with Crippen molar-refractivity contribution in [2.75, 3.05) is 5.73 Å². The Hall–Kier alpha value is -1.88. The maximum atomic E-state index is 6.05. The number of rotatable bonds is 1. The van der Waals surface area contributed by atoms with Crippen LogP contribution in [-0.2, 0) is 12.8 Å². The molecule has 0 spiro atoms. The van der Waals surface area contributed by atoms with E-state index in [1.54, 1.807) is 11.3 Å². The molecular weight excluding hydrogens is 256 g/mol. The van der Waals surface area contributed by atoms with Gasteiger partial charge in [-0.3, -0.25) is 0 Å². The second kappa shape index (κ2) is 4.06. The molecule has 0 bridgehead atoms. The van der Waals surface area contributed by atoms with Gasteiger partial charge in [-0.15, -0.1) is 11.3 Å². The lowest BCUT2D eigenvalue weighted by Crippen LogP contribution is -2.07. The fourth-order valence-electron chi connectivity index (χ4n) is 2.82. The van der Waals surface area contributed by atoms with Crippen LogP contribution in [0.1, 0.15) is 24.1 Å². The Labute approximate surface area is 114 Å². The van der Waals surface area contributed by atoms with Gasteiger partial charge in [-0.05, 0) is 43.9 Å². The Morgan fingerprint density at radius 3 is 3.05 bits per heavy atom. The number of hydrogen-bond donors (Lipinski definition) is 1. The lowest BCUT2D eigenvalue weighted by molar-refractivity contribution is 0.653. The SMILES string of the molecule is Nc1nn(-c2ccc3ncsc3c2)c2c1CCCC2. The van der Waals surface area contributed by atoms with Crippen LogP contribution in [0.4, 0.5) is 5.82 Å². The predicted molar refractivity (Wildman–Crippen MR) is 77.8 cm³/mol. The second-order valence-electron chi connectivity index (χ2n) is 4.93. The van der Waals surface area contributed by atoms with Crippen LogP contribution >= 0.6 is 11.3 Å². The summed E-state index contributed by atoms with van der Waals surface area (Å²) < 4.78 is 3.21. The molecule has 1 aromatic carbocycles. The third-order valence-corrected chi connectivity index (χ3v) is 4.56. The zero-order chi connectivity index (χ0) is 12.8. The standard InChI is InChI=1S/C14H14N4S/c15-14-10-3-1-2-4-12(10)18(17-14)9-5-6-11-13(7-9)19-8-16-11/h5-8H,1-4H2,(H2,15,17). The second-order valence-corrected chi connectivity index (χ2v) is 5.82. The molecule has 0 atom stereocenters. The molecule has 0 saturated heterocycles. The third kappa shape index (κ3) is 1.65. The number of nitrogen functional groups attached to an aromatic ring is 1. The molecule has 19 heavy (non-hydrogen) atoms. The maximum Gasteiger partial charge on any atom is 0.149 e. The fraction of sp³-hybridized carbons (Fsp3) is 0.286. The first-order chi connectivity index (χ1) is 9.33. The van der Waals surface area contributed by atoms with E-state index in [0.717, 1.165) is 24.0 Å². The van der Waals surface area contributed by atoms with Gasteiger partial charge in [0.05, 0.1) is 21.4 Å². The highest BCUT2D eigenvalue weighted by atomic mass is 32.1. The van der Waals surface area contributed by atoms with Gasteiger partial charge in [0.25, 0.3) is 0 Å². The average Bonchev–Trinajstić information content (AvgIpc) is 3.03. The highest BCUT2D eigenvalue weighted by molar-refractivity contribution is 7.16. The molecular formula is C14H14N4S. The van der Waals surface area contributed by atoms with Crippen molar-refractivity contribution in [2.45, 2.75) is 25.7 Å². The molecule has 0 fully saturated rings. The zero-order valence-electron chi connectivity index (χ0n) is 10.5. The van der Waals surface area contributed by atoms with Crippen LogP contribution < -0.4 is 5.73 Å². The number of aromatic nitrogens is 3. The smallest absolute Gasteiger partial charge is 0.149 e. The van der Waals surface area contributed by atoms with Crippen LogP contribution in [0.3, 0.4) is 0 Å². The van der Waals surface area contributed by atoms with Gasteiger partial charge in [0.1, 0.15) is 5.82 Å². The topological polar surface area (TPSA) is 56.7 Å². The molecule has 0 radical (unpaired) electrons. The summed E-state index contributed by atoms with van der Waals surface area (Å²) in [4.78, 5) is 4.31. The summed E-state index contributed by atoms with van der Waals surface area (Å²) in [6.45, 7) is 0. The van der Waals surface area contributed by atoms with E-state index in [1.807, 2.05) is 16.3 Å². The molecule has 0 saturated carbocycles. The van der Waals surface area contributed by atoms with Crippen molar-refractivity contribution in [2.24, 2.45) is 0 Å². The Bertz CT molecular complexity index is 756. The fourth-order valence-corrected chi connectivity index (χ4v) is 3.53. The normalized spacial score (nSPS) is 14.7. The third-order valence-electron chi connectivity index (χ3n) is 3.77. The van der Waals surface area contributed by atoms with Gasteiger partial charge >= 0.3 is 0 Å². The summed E-state index contributed by atoms with van der Waals surface area (Å²) in [5, 5.41) is 4.53. The number of fused-ring (bicyclic) bond motifs is 2. The van der Waals surface area contributed by atoms with Crippen molar-refractivity contribution in [3.8, 4) is 5.69 Å². The van der Waals surface area contributed by atoms with Gasteiger partial charge < -0.3 is 5.73 Å². The highest BCUT2D eigenvalue weighted by Crippen LogP contribution is 2.29. The lowest BCUT2D eigenvalue weighted by Gasteiger charge is -2.13. The number of benzene rings is 1. The molecule has 2 N–H and O–H groups in total. The van der Waals surface area contributed by atoms with E-state index in [1.165, 1.54) is 28.8 Å². The molecule has 1 aliphatic rings. The molecule has 5 heteroatoms. The molecule has 1 aliphatic carbocycles. The quantitative estimate of drug-likeness (QED) is 0.739. The van der Waals surface area contributed by atoms with E-state index in [0.29, 0.717) is 5.82 Å². The van der Waals surface area contributed by atoms with Gasteiger partial charge in [0.2, 0.25) is 0 Å². The molecule has 4 nitrogen and oxygen atoms in total. The molecule has 2 aromatic heterocycles. The average molecular weight is 270 g/mol. The van der Waals surface area contributed by atoms with Gasteiger partial charge in [-0.1, -0.05) is 0 Å². The summed E-state index contributed by atoms with van der Waals surface area (Å²) >= 11 is 1.66. The summed E-state index contributed by atoms with van der Waals surface area (Å²) in [5.74, 6) is 0.694. The van der Waals surface area contributed by atoms with E-state index in [-0.39, 0.29) is 0 Å². The summed E-state index contributed by atoms with van der Waals surface area (Å²) in [5.41, 5.74) is 12.6. The number of nitrogens with zero attached hydrogens (tertiary/aromatic N) is 3. The van der Waals surface area contributed by atoms with Crippen molar-refractivity contribution in [3.05, 3.63) is 35.0 Å². The van der Waals surface area contributed by atoms with Crippen molar-refractivity contribution in [1.29, 1.82) is 0 Å². The van der Waals surface area contributed by atoms with Gasteiger partial charge in [0, 0.05) is 11.3 Å². The van der Waals surface area contributed by atoms with E-state index >= 15 is 0 Å². The lowest BCUT2D eigenvalue weighted by atomic mass is 9.97. The van der Waals surface area contributed by atoms with E-state index in [4.69, 9.17) is 5.73 Å². The van der Waals surface area contributed by atoms with Gasteiger partial charge in [-0.2, -0.15) is 5.10 Å².